The second kappa shape index (κ2) is 7.96. The van der Waals surface area contributed by atoms with Crippen molar-refractivity contribution >= 4 is 12.0 Å². The lowest BCUT2D eigenvalue weighted by molar-refractivity contribution is -0.188. The van der Waals surface area contributed by atoms with E-state index in [0.29, 0.717) is 6.54 Å². The van der Waals surface area contributed by atoms with Gasteiger partial charge in [-0.25, -0.2) is 9.86 Å². The molecule has 0 rings (SSSR count). The first-order valence-electron chi connectivity index (χ1n) is 6.19. The molecule has 0 saturated heterocycles. The zero-order valence-electron chi connectivity index (χ0n) is 12.3. The van der Waals surface area contributed by atoms with Crippen LogP contribution in [0.4, 0.5) is 4.79 Å². The Hall–Kier alpha value is -1.34. The minimum absolute atomic E-state index is 0.0374. The zero-order valence-corrected chi connectivity index (χ0v) is 12.3. The van der Waals surface area contributed by atoms with E-state index in [4.69, 9.17) is 14.7 Å². The van der Waals surface area contributed by atoms with Gasteiger partial charge in [-0.1, -0.05) is 0 Å². The zero-order chi connectivity index (χ0) is 15.1. The molecule has 0 heterocycles. The van der Waals surface area contributed by atoms with E-state index in [1.165, 1.54) is 11.9 Å². The molecule has 7 nitrogen and oxygen atoms in total. The van der Waals surface area contributed by atoms with Crippen LogP contribution in [0.25, 0.3) is 0 Å². The van der Waals surface area contributed by atoms with Gasteiger partial charge in [0.15, 0.2) is 0 Å². The van der Waals surface area contributed by atoms with Gasteiger partial charge in [0.2, 0.25) is 0 Å². The molecule has 0 atom stereocenters. The number of hydrogen-bond acceptors (Lipinski definition) is 5. The van der Waals surface area contributed by atoms with E-state index in [0.717, 1.165) is 5.06 Å². The van der Waals surface area contributed by atoms with Crippen LogP contribution in [0.3, 0.4) is 0 Å². The summed E-state index contributed by atoms with van der Waals surface area (Å²) in [6.45, 7) is 7.05. The maximum absolute atomic E-state index is 11.8. The average molecular weight is 276 g/mol. The molecule has 1 N–H and O–H groups in total. The Balaban J connectivity index is 4.33. The average Bonchev–Trinajstić information content (AvgIpc) is 2.27. The Morgan fingerprint density at radius 2 is 1.84 bits per heavy atom. The third-order valence-electron chi connectivity index (χ3n) is 1.98. The Morgan fingerprint density at radius 3 is 2.26 bits per heavy atom. The SMILES string of the molecule is CCN(OCCO)C(=O)CN(C)C(=O)OC(C)(C)C. The van der Waals surface area contributed by atoms with Gasteiger partial charge in [-0.2, -0.15) is 0 Å². The molecule has 19 heavy (non-hydrogen) atoms. The molecule has 0 spiro atoms. The number of carbonyl (C=O) groups is 2. The van der Waals surface area contributed by atoms with Crippen LogP contribution < -0.4 is 0 Å². The number of amides is 2. The third-order valence-corrected chi connectivity index (χ3v) is 1.98. The molecular weight excluding hydrogens is 252 g/mol. The van der Waals surface area contributed by atoms with Gasteiger partial charge in [-0.15, -0.1) is 0 Å². The molecule has 0 aliphatic heterocycles. The summed E-state index contributed by atoms with van der Waals surface area (Å²) in [5, 5.41) is 9.75. The third kappa shape index (κ3) is 7.63. The number of likely N-dealkylation sites (N-methyl/N-ethyl adjacent to an activating group) is 2. The quantitative estimate of drug-likeness (QED) is 0.720. The number of aliphatic hydroxyl groups excluding tert-OH is 1. The number of rotatable bonds is 6. The van der Waals surface area contributed by atoms with Crippen LogP contribution in [0.2, 0.25) is 0 Å². The Kier molecular flexibility index (Phi) is 7.40. The summed E-state index contributed by atoms with van der Waals surface area (Å²) >= 11 is 0. The predicted molar refractivity (Wildman–Crippen MR) is 69.3 cm³/mol. The van der Waals surface area contributed by atoms with Crippen molar-refractivity contribution in [3.05, 3.63) is 0 Å². The Morgan fingerprint density at radius 1 is 1.26 bits per heavy atom. The maximum atomic E-state index is 11.8. The lowest BCUT2D eigenvalue weighted by Gasteiger charge is -2.26. The summed E-state index contributed by atoms with van der Waals surface area (Å²) < 4.78 is 5.13. The number of nitrogens with zero attached hydrogens (tertiary/aromatic N) is 2. The maximum Gasteiger partial charge on any atom is 0.410 e. The molecule has 0 aromatic rings. The highest BCUT2D eigenvalue weighted by Crippen LogP contribution is 2.09. The fourth-order valence-corrected chi connectivity index (χ4v) is 1.18. The molecule has 0 aliphatic rings. The Bertz CT molecular complexity index is 301. The van der Waals surface area contributed by atoms with Gasteiger partial charge in [0, 0.05) is 13.6 Å². The van der Waals surface area contributed by atoms with Crippen LogP contribution in [0.15, 0.2) is 0 Å². The smallest absolute Gasteiger partial charge is 0.410 e. The fraction of sp³-hybridized carbons (Fsp3) is 0.833. The largest absolute Gasteiger partial charge is 0.444 e. The van der Waals surface area contributed by atoms with E-state index in [1.807, 2.05) is 0 Å². The monoisotopic (exact) mass is 276 g/mol. The standard InChI is InChI=1S/C12H24N2O5/c1-6-14(18-8-7-15)10(16)9-13(5)11(17)19-12(2,3)4/h15H,6-9H2,1-5H3. The number of carbonyl (C=O) groups excluding carboxylic acids is 2. The molecule has 0 saturated carbocycles. The Labute approximate surface area is 114 Å². The van der Waals surface area contributed by atoms with Gasteiger partial charge in [-0.05, 0) is 27.7 Å². The van der Waals surface area contributed by atoms with Crippen LogP contribution in [0.5, 0.6) is 0 Å². The summed E-state index contributed by atoms with van der Waals surface area (Å²) in [4.78, 5) is 29.7. The first-order valence-corrected chi connectivity index (χ1v) is 6.19. The van der Waals surface area contributed by atoms with Crippen molar-refractivity contribution in [3.63, 3.8) is 0 Å². The number of aliphatic hydroxyl groups is 1. The highest BCUT2D eigenvalue weighted by atomic mass is 16.7. The first kappa shape index (κ1) is 17.7. The predicted octanol–water partition coefficient (Wildman–Crippen LogP) is 0.626. The molecule has 0 bridgehead atoms. The second-order valence-electron chi connectivity index (χ2n) is 4.98. The molecule has 0 aromatic heterocycles. The van der Waals surface area contributed by atoms with E-state index in [2.05, 4.69) is 0 Å². The van der Waals surface area contributed by atoms with E-state index < -0.39 is 11.7 Å². The van der Waals surface area contributed by atoms with Crippen molar-refractivity contribution in [3.8, 4) is 0 Å². The van der Waals surface area contributed by atoms with Gasteiger partial charge in [0.05, 0.1) is 13.2 Å². The van der Waals surface area contributed by atoms with Crippen molar-refractivity contribution in [1.82, 2.24) is 9.96 Å². The minimum atomic E-state index is -0.605. The van der Waals surface area contributed by atoms with Crippen LogP contribution in [0.1, 0.15) is 27.7 Å². The second-order valence-corrected chi connectivity index (χ2v) is 4.98. The van der Waals surface area contributed by atoms with Crippen molar-refractivity contribution in [2.45, 2.75) is 33.3 Å². The molecule has 7 heteroatoms. The fourth-order valence-electron chi connectivity index (χ4n) is 1.18. The molecular formula is C12H24N2O5. The van der Waals surface area contributed by atoms with Crippen molar-refractivity contribution < 1.29 is 24.3 Å². The molecule has 0 aliphatic carbocycles. The van der Waals surface area contributed by atoms with Crippen LogP contribution in [-0.4, -0.2) is 66.0 Å². The van der Waals surface area contributed by atoms with Crippen LogP contribution in [0, 0.1) is 0 Å². The van der Waals surface area contributed by atoms with Gasteiger partial charge in [0.25, 0.3) is 5.91 Å². The van der Waals surface area contributed by atoms with E-state index in [9.17, 15) is 9.59 Å². The molecule has 0 unspecified atom stereocenters. The van der Waals surface area contributed by atoms with Gasteiger partial charge in [0.1, 0.15) is 12.1 Å². The lowest BCUT2D eigenvalue weighted by Crippen LogP contribution is -2.43. The molecule has 0 aromatic carbocycles. The topological polar surface area (TPSA) is 79.3 Å². The summed E-state index contributed by atoms with van der Waals surface area (Å²) in [6, 6.07) is 0. The highest BCUT2D eigenvalue weighted by molar-refractivity contribution is 5.81. The number of hydrogen-bond donors (Lipinski definition) is 1. The summed E-state index contributed by atoms with van der Waals surface area (Å²) in [6.07, 6.45) is -0.570. The summed E-state index contributed by atoms with van der Waals surface area (Å²) in [5.41, 5.74) is -0.605. The van der Waals surface area contributed by atoms with Crippen LogP contribution in [-0.2, 0) is 14.4 Å². The number of ether oxygens (including phenoxy) is 1. The molecule has 0 fully saturated rings. The number of hydroxylamine groups is 2. The van der Waals surface area contributed by atoms with Crippen molar-refractivity contribution in [1.29, 1.82) is 0 Å². The molecule has 2 amide bonds. The van der Waals surface area contributed by atoms with Gasteiger partial charge >= 0.3 is 6.09 Å². The normalized spacial score (nSPS) is 11.1. The van der Waals surface area contributed by atoms with Crippen molar-refractivity contribution in [2.24, 2.45) is 0 Å². The van der Waals surface area contributed by atoms with E-state index in [1.54, 1.807) is 27.7 Å². The van der Waals surface area contributed by atoms with E-state index in [-0.39, 0.29) is 25.7 Å². The van der Waals surface area contributed by atoms with Crippen LogP contribution >= 0.6 is 0 Å². The van der Waals surface area contributed by atoms with E-state index >= 15 is 0 Å². The van der Waals surface area contributed by atoms with Gasteiger partial charge in [-0.3, -0.25) is 9.63 Å². The van der Waals surface area contributed by atoms with Gasteiger partial charge < -0.3 is 14.7 Å². The molecule has 0 radical (unpaired) electrons. The lowest BCUT2D eigenvalue weighted by atomic mass is 10.2. The highest BCUT2D eigenvalue weighted by Gasteiger charge is 2.23. The van der Waals surface area contributed by atoms with Crippen molar-refractivity contribution in [2.75, 3.05) is 33.4 Å². The minimum Gasteiger partial charge on any atom is -0.444 e. The summed E-state index contributed by atoms with van der Waals surface area (Å²) in [5.74, 6) is -0.371. The summed E-state index contributed by atoms with van der Waals surface area (Å²) in [7, 11) is 1.48. The first-order chi connectivity index (χ1) is 8.71. The molecule has 112 valence electrons.